The Morgan fingerprint density at radius 2 is 1.86 bits per heavy atom. The molecule has 0 aliphatic heterocycles. The lowest BCUT2D eigenvalue weighted by Crippen LogP contribution is -2.43. The fraction of sp³-hybridized carbons (Fsp3) is 0.750. The third-order valence-corrected chi connectivity index (χ3v) is 2.88. The number of quaternary nitrogens is 1. The van der Waals surface area contributed by atoms with E-state index >= 15 is 0 Å². The zero-order chi connectivity index (χ0) is 16.3. The predicted molar refractivity (Wildman–Crippen MR) is 82.9 cm³/mol. The van der Waals surface area contributed by atoms with Crippen LogP contribution < -0.4 is 0 Å². The Morgan fingerprint density at radius 3 is 2.38 bits per heavy atom. The van der Waals surface area contributed by atoms with E-state index in [0.29, 0.717) is 11.0 Å². The Labute approximate surface area is 128 Å². The van der Waals surface area contributed by atoms with Gasteiger partial charge in [0.15, 0.2) is 6.10 Å². The molecular formula is C16H30NO4+. The number of rotatable bonds is 11. The van der Waals surface area contributed by atoms with Gasteiger partial charge in [-0.2, -0.15) is 0 Å². The highest BCUT2D eigenvalue weighted by molar-refractivity contribution is 5.72. The van der Waals surface area contributed by atoms with Crippen LogP contribution in [-0.2, 0) is 14.3 Å². The van der Waals surface area contributed by atoms with E-state index < -0.39 is 12.1 Å². The Morgan fingerprint density at radius 1 is 1.19 bits per heavy atom. The highest BCUT2D eigenvalue weighted by Crippen LogP contribution is 2.07. The number of carbonyl (C=O) groups excluding carboxylic acids is 1. The van der Waals surface area contributed by atoms with Gasteiger partial charge in [0.2, 0.25) is 0 Å². The molecule has 122 valence electrons. The van der Waals surface area contributed by atoms with Crippen LogP contribution in [0.1, 0.15) is 45.4 Å². The van der Waals surface area contributed by atoms with E-state index in [2.05, 4.69) is 6.92 Å². The standard InChI is InChI=1S/C16H29NO4/c1-5-6-7-8-9-10-11-16(20)21-14(12-15(18)19)13-17(2,3)4/h9-10,14H,5-8,11-13H2,1-4H3/p+1/b10-9+. The second kappa shape index (κ2) is 10.4. The van der Waals surface area contributed by atoms with E-state index in [1.165, 1.54) is 12.8 Å². The van der Waals surface area contributed by atoms with Gasteiger partial charge in [-0.3, -0.25) is 9.59 Å². The zero-order valence-electron chi connectivity index (χ0n) is 13.8. The highest BCUT2D eigenvalue weighted by Gasteiger charge is 2.24. The van der Waals surface area contributed by atoms with Crippen molar-refractivity contribution in [3.63, 3.8) is 0 Å². The molecule has 0 fully saturated rings. The van der Waals surface area contributed by atoms with Gasteiger partial charge in [-0.25, -0.2) is 0 Å². The molecule has 1 atom stereocenters. The lowest BCUT2D eigenvalue weighted by atomic mass is 10.2. The summed E-state index contributed by atoms with van der Waals surface area (Å²) < 4.78 is 5.83. The van der Waals surface area contributed by atoms with Crippen LogP contribution in [0.4, 0.5) is 0 Å². The molecule has 0 aromatic heterocycles. The summed E-state index contributed by atoms with van der Waals surface area (Å²) in [5.74, 6) is -1.31. The van der Waals surface area contributed by atoms with Gasteiger partial charge in [0.1, 0.15) is 6.54 Å². The first-order chi connectivity index (χ1) is 9.74. The van der Waals surface area contributed by atoms with Gasteiger partial charge in [-0.15, -0.1) is 0 Å². The van der Waals surface area contributed by atoms with Crippen LogP contribution in [0.25, 0.3) is 0 Å². The second-order valence-electron chi connectivity index (χ2n) is 6.35. The average molecular weight is 300 g/mol. The third-order valence-electron chi connectivity index (χ3n) is 2.88. The molecule has 0 saturated heterocycles. The summed E-state index contributed by atoms with van der Waals surface area (Å²) >= 11 is 0. The van der Waals surface area contributed by atoms with E-state index in [0.717, 1.165) is 12.8 Å². The van der Waals surface area contributed by atoms with Gasteiger partial charge in [0.25, 0.3) is 0 Å². The van der Waals surface area contributed by atoms with Crippen molar-refractivity contribution in [2.75, 3.05) is 27.7 Å². The molecule has 0 spiro atoms. The predicted octanol–water partition coefficient (Wildman–Crippen LogP) is 2.61. The largest absolute Gasteiger partial charge is 0.481 e. The Bertz CT molecular complexity index is 345. The summed E-state index contributed by atoms with van der Waals surface area (Å²) in [5, 5.41) is 8.88. The van der Waals surface area contributed by atoms with E-state index in [1.807, 2.05) is 33.3 Å². The lowest BCUT2D eigenvalue weighted by Gasteiger charge is -2.28. The molecule has 21 heavy (non-hydrogen) atoms. The van der Waals surface area contributed by atoms with Crippen LogP contribution in [0.15, 0.2) is 12.2 Å². The van der Waals surface area contributed by atoms with Crippen LogP contribution in [-0.4, -0.2) is 55.3 Å². The molecular weight excluding hydrogens is 270 g/mol. The van der Waals surface area contributed by atoms with Crippen LogP contribution in [0.5, 0.6) is 0 Å². The molecule has 0 aromatic rings. The van der Waals surface area contributed by atoms with E-state index in [1.54, 1.807) is 0 Å². The molecule has 0 aromatic carbocycles. The Balaban J connectivity index is 4.18. The van der Waals surface area contributed by atoms with Crippen molar-refractivity contribution in [1.29, 1.82) is 0 Å². The quantitative estimate of drug-likeness (QED) is 0.276. The second-order valence-corrected chi connectivity index (χ2v) is 6.35. The van der Waals surface area contributed by atoms with Crippen molar-refractivity contribution < 1.29 is 23.9 Å². The maximum absolute atomic E-state index is 11.7. The number of carboxylic acid groups (broad SMARTS) is 1. The first-order valence-corrected chi connectivity index (χ1v) is 7.61. The fourth-order valence-corrected chi connectivity index (χ4v) is 1.99. The molecule has 0 amide bonds. The molecule has 0 rings (SSSR count). The summed E-state index contributed by atoms with van der Waals surface area (Å²) in [6.07, 6.45) is 7.75. The summed E-state index contributed by atoms with van der Waals surface area (Å²) in [6.45, 7) is 2.63. The average Bonchev–Trinajstić information content (AvgIpc) is 2.30. The summed E-state index contributed by atoms with van der Waals surface area (Å²) in [5.41, 5.74) is 0. The van der Waals surface area contributed by atoms with Crippen LogP contribution >= 0.6 is 0 Å². The van der Waals surface area contributed by atoms with E-state index in [4.69, 9.17) is 9.84 Å². The number of hydrogen-bond acceptors (Lipinski definition) is 3. The Kier molecular flexibility index (Phi) is 9.71. The molecule has 5 nitrogen and oxygen atoms in total. The van der Waals surface area contributed by atoms with Crippen molar-refractivity contribution in [3.05, 3.63) is 12.2 Å². The van der Waals surface area contributed by atoms with Crippen molar-refractivity contribution in [1.82, 2.24) is 0 Å². The van der Waals surface area contributed by atoms with Gasteiger partial charge < -0.3 is 14.3 Å². The number of allylic oxidation sites excluding steroid dienone is 1. The number of ether oxygens (including phenoxy) is 1. The van der Waals surface area contributed by atoms with Crippen LogP contribution in [0.3, 0.4) is 0 Å². The van der Waals surface area contributed by atoms with E-state index in [-0.39, 0.29) is 18.8 Å². The molecule has 0 heterocycles. The van der Waals surface area contributed by atoms with Crippen molar-refractivity contribution in [3.8, 4) is 0 Å². The van der Waals surface area contributed by atoms with Crippen molar-refractivity contribution in [2.24, 2.45) is 0 Å². The molecule has 0 bridgehead atoms. The number of hydrogen-bond donors (Lipinski definition) is 1. The molecule has 0 aliphatic carbocycles. The van der Waals surface area contributed by atoms with Crippen LogP contribution in [0, 0.1) is 0 Å². The minimum atomic E-state index is -0.948. The fourth-order valence-electron chi connectivity index (χ4n) is 1.99. The molecule has 1 N–H and O–H groups in total. The lowest BCUT2D eigenvalue weighted by molar-refractivity contribution is -0.873. The number of nitrogens with zero attached hydrogens (tertiary/aromatic N) is 1. The zero-order valence-corrected chi connectivity index (χ0v) is 13.8. The minimum Gasteiger partial charge on any atom is -0.481 e. The number of aliphatic carboxylic acids is 1. The third kappa shape index (κ3) is 13.4. The number of carbonyl (C=O) groups is 2. The summed E-state index contributed by atoms with van der Waals surface area (Å²) in [4.78, 5) is 22.6. The first-order valence-electron chi connectivity index (χ1n) is 7.61. The Hall–Kier alpha value is -1.36. The number of unbranched alkanes of at least 4 members (excludes halogenated alkanes) is 3. The highest BCUT2D eigenvalue weighted by atomic mass is 16.5. The van der Waals surface area contributed by atoms with E-state index in [9.17, 15) is 9.59 Å². The van der Waals surface area contributed by atoms with Gasteiger partial charge >= 0.3 is 11.9 Å². The van der Waals surface area contributed by atoms with Gasteiger partial charge in [0, 0.05) is 0 Å². The molecule has 1 unspecified atom stereocenters. The summed E-state index contributed by atoms with van der Waals surface area (Å²) in [7, 11) is 5.82. The molecule has 0 saturated carbocycles. The molecule has 0 radical (unpaired) electrons. The minimum absolute atomic E-state index is 0.151. The SMILES string of the molecule is CCCCC/C=C/CC(=O)OC(CC(=O)O)C[N+](C)(C)C. The van der Waals surface area contributed by atoms with Crippen molar-refractivity contribution in [2.45, 2.75) is 51.6 Å². The maximum Gasteiger partial charge on any atom is 0.310 e. The maximum atomic E-state index is 11.7. The molecule has 5 heteroatoms. The number of likely N-dealkylation sites (N-methyl/N-ethyl adjacent to an activating group) is 1. The summed E-state index contributed by atoms with van der Waals surface area (Å²) in [6, 6.07) is 0. The van der Waals surface area contributed by atoms with Crippen molar-refractivity contribution >= 4 is 11.9 Å². The smallest absolute Gasteiger partial charge is 0.310 e. The van der Waals surface area contributed by atoms with Gasteiger partial charge in [-0.05, 0) is 12.8 Å². The van der Waals surface area contributed by atoms with Crippen LogP contribution in [0.2, 0.25) is 0 Å². The first kappa shape index (κ1) is 19.6. The topological polar surface area (TPSA) is 63.6 Å². The number of esters is 1. The van der Waals surface area contributed by atoms with Gasteiger partial charge in [-0.1, -0.05) is 31.9 Å². The normalized spacial score (nSPS) is 13.3. The monoisotopic (exact) mass is 300 g/mol. The molecule has 0 aliphatic rings. The number of carboxylic acids is 1. The van der Waals surface area contributed by atoms with Gasteiger partial charge in [0.05, 0.1) is 34.0 Å².